The van der Waals surface area contributed by atoms with Crippen molar-refractivity contribution in [3.05, 3.63) is 52.4 Å². The number of aryl methyl sites for hydroxylation is 2. The van der Waals surface area contributed by atoms with Crippen molar-refractivity contribution in [3.63, 3.8) is 0 Å². The van der Waals surface area contributed by atoms with Crippen molar-refractivity contribution in [3.8, 4) is 11.8 Å². The van der Waals surface area contributed by atoms with E-state index in [1.54, 1.807) is 11.8 Å². The predicted molar refractivity (Wildman–Crippen MR) is 116 cm³/mol. The van der Waals surface area contributed by atoms with E-state index in [0.29, 0.717) is 23.8 Å². The summed E-state index contributed by atoms with van der Waals surface area (Å²) < 4.78 is 5.22. The smallest absolute Gasteiger partial charge is 0.233 e. The van der Waals surface area contributed by atoms with Gasteiger partial charge in [-0.2, -0.15) is 0 Å². The van der Waals surface area contributed by atoms with Crippen LogP contribution >= 0.6 is 11.8 Å². The van der Waals surface area contributed by atoms with E-state index in [-0.39, 0.29) is 17.9 Å². The third-order valence-corrected chi connectivity index (χ3v) is 8.39. The van der Waals surface area contributed by atoms with Crippen molar-refractivity contribution in [2.75, 3.05) is 12.4 Å². The Hall–Kier alpha value is -2.23. The molecule has 2 aromatic rings. The lowest BCUT2D eigenvalue weighted by Crippen LogP contribution is -2.85. The minimum atomic E-state index is -0.122. The van der Waals surface area contributed by atoms with Crippen LogP contribution in [0.3, 0.4) is 0 Å². The number of amides is 1. The molecule has 30 heavy (non-hydrogen) atoms. The quantitative estimate of drug-likeness (QED) is 0.748. The summed E-state index contributed by atoms with van der Waals surface area (Å²) in [6, 6.07) is 9.06. The summed E-state index contributed by atoms with van der Waals surface area (Å²) in [4.78, 5) is 15.1. The number of aliphatic hydroxyl groups is 1. The van der Waals surface area contributed by atoms with Crippen LogP contribution in [0.15, 0.2) is 28.8 Å². The lowest BCUT2D eigenvalue weighted by atomic mass is 9.36. The van der Waals surface area contributed by atoms with E-state index in [1.807, 2.05) is 26.0 Å². The highest BCUT2D eigenvalue weighted by molar-refractivity contribution is 7.99. The number of aromatic nitrogens is 1. The largest absolute Gasteiger partial charge is 0.384 e. The van der Waals surface area contributed by atoms with Crippen LogP contribution in [-0.2, 0) is 10.5 Å². The second kappa shape index (κ2) is 7.47. The van der Waals surface area contributed by atoms with Gasteiger partial charge < -0.3 is 14.5 Å². The number of nitrogens with zero attached hydrogens (tertiary/aromatic N) is 2. The second-order valence-electron chi connectivity index (χ2n) is 8.61. The van der Waals surface area contributed by atoms with Gasteiger partial charge in [0.2, 0.25) is 5.91 Å². The maximum absolute atomic E-state index is 13.0. The van der Waals surface area contributed by atoms with Crippen molar-refractivity contribution in [1.29, 1.82) is 0 Å². The van der Waals surface area contributed by atoms with E-state index in [9.17, 15) is 4.79 Å². The van der Waals surface area contributed by atoms with Gasteiger partial charge in [-0.05, 0) is 50.7 Å². The van der Waals surface area contributed by atoms with Gasteiger partial charge in [0.1, 0.15) is 12.4 Å². The summed E-state index contributed by atoms with van der Waals surface area (Å²) in [7, 11) is 0. The summed E-state index contributed by atoms with van der Waals surface area (Å²) in [6.45, 7) is 3.75. The Morgan fingerprint density at radius 2 is 2.20 bits per heavy atom. The number of carbonyl (C=O) groups is 1. The fourth-order valence-electron chi connectivity index (χ4n) is 5.88. The van der Waals surface area contributed by atoms with Crippen LogP contribution in [0.25, 0.3) is 0 Å². The van der Waals surface area contributed by atoms with Gasteiger partial charge in [0.15, 0.2) is 0 Å². The van der Waals surface area contributed by atoms with Crippen LogP contribution in [-0.4, -0.2) is 45.5 Å². The molecule has 1 saturated heterocycles. The van der Waals surface area contributed by atoms with E-state index >= 15 is 0 Å². The van der Waals surface area contributed by atoms with Crippen LogP contribution in [0, 0.1) is 31.1 Å². The van der Waals surface area contributed by atoms with Crippen molar-refractivity contribution in [2.45, 2.75) is 56.9 Å². The summed E-state index contributed by atoms with van der Waals surface area (Å²) in [5.41, 5.74) is 4.60. The number of thioether (sulfide) groups is 1. The molecule has 1 amide bonds. The SMILES string of the molecule is Cc1noc(C)c1CSCC(=O)N1C2CCC23C(c2ccccc2C#CCO)CC13. The molecule has 2 aliphatic carbocycles. The molecule has 1 spiro atoms. The van der Waals surface area contributed by atoms with Crippen LogP contribution in [0.1, 0.15) is 53.3 Å². The van der Waals surface area contributed by atoms with Crippen molar-refractivity contribution in [2.24, 2.45) is 5.41 Å². The van der Waals surface area contributed by atoms with Gasteiger partial charge in [0.25, 0.3) is 0 Å². The summed E-state index contributed by atoms with van der Waals surface area (Å²) in [5.74, 6) is 8.77. The van der Waals surface area contributed by atoms with Crippen molar-refractivity contribution < 1.29 is 14.4 Å². The molecule has 6 heteroatoms. The lowest BCUT2D eigenvalue weighted by Gasteiger charge is -2.80. The zero-order chi connectivity index (χ0) is 20.9. The second-order valence-corrected chi connectivity index (χ2v) is 9.60. The molecule has 5 rings (SSSR count). The van der Waals surface area contributed by atoms with E-state index in [2.05, 4.69) is 34.0 Å². The molecule has 4 atom stereocenters. The molecule has 1 N–H and O–H groups in total. The topological polar surface area (TPSA) is 66.6 Å². The van der Waals surface area contributed by atoms with E-state index < -0.39 is 0 Å². The number of piperidine rings is 2. The fraction of sp³-hybridized carbons (Fsp3) is 0.500. The Kier molecular flexibility index (Phi) is 4.91. The minimum Gasteiger partial charge on any atom is -0.384 e. The first-order chi connectivity index (χ1) is 14.6. The average molecular weight is 423 g/mol. The molecule has 3 fully saturated rings. The summed E-state index contributed by atoms with van der Waals surface area (Å²) in [5, 5.41) is 13.1. The molecule has 3 aliphatic rings. The average Bonchev–Trinajstić information content (AvgIpc) is 3.02. The molecule has 156 valence electrons. The first-order valence-corrected chi connectivity index (χ1v) is 11.7. The Balaban J connectivity index is 1.24. The van der Waals surface area contributed by atoms with E-state index in [0.717, 1.165) is 41.2 Å². The van der Waals surface area contributed by atoms with E-state index in [4.69, 9.17) is 9.63 Å². The third kappa shape index (κ3) is 2.75. The molecule has 0 bridgehead atoms. The Labute approximate surface area is 181 Å². The van der Waals surface area contributed by atoms with Gasteiger partial charge in [0.05, 0.1) is 11.4 Å². The number of likely N-dealkylation sites (tertiary alicyclic amines) is 1. The van der Waals surface area contributed by atoms with Gasteiger partial charge in [0, 0.05) is 34.4 Å². The molecule has 1 aromatic carbocycles. The zero-order valence-corrected chi connectivity index (χ0v) is 18.2. The Morgan fingerprint density at radius 1 is 1.37 bits per heavy atom. The molecule has 2 saturated carbocycles. The normalized spacial score (nSPS) is 28.2. The predicted octanol–water partition coefficient (Wildman–Crippen LogP) is 3.42. The molecule has 1 aliphatic heterocycles. The number of aliphatic hydroxyl groups excluding tert-OH is 1. The highest BCUT2D eigenvalue weighted by atomic mass is 32.2. The molecule has 0 radical (unpaired) electrons. The lowest BCUT2D eigenvalue weighted by molar-refractivity contribution is -0.268. The van der Waals surface area contributed by atoms with Crippen LogP contribution < -0.4 is 0 Å². The number of carbonyl (C=O) groups excluding carboxylic acids is 1. The molecule has 5 nitrogen and oxygen atoms in total. The maximum atomic E-state index is 13.0. The summed E-state index contributed by atoms with van der Waals surface area (Å²) >= 11 is 1.65. The fourth-order valence-corrected chi connectivity index (χ4v) is 6.92. The maximum Gasteiger partial charge on any atom is 0.233 e. The van der Waals surface area contributed by atoms with Gasteiger partial charge >= 0.3 is 0 Å². The molecular formula is C24H26N2O3S. The van der Waals surface area contributed by atoms with Crippen LogP contribution in [0.4, 0.5) is 0 Å². The molecule has 4 unspecified atom stereocenters. The number of rotatable bonds is 5. The molecule has 2 heterocycles. The van der Waals surface area contributed by atoms with Gasteiger partial charge in [-0.3, -0.25) is 4.79 Å². The zero-order valence-electron chi connectivity index (χ0n) is 17.4. The standard InChI is InChI=1S/C24H26N2O3S/c1-15-19(16(2)29-25-15)13-30-14-23(28)26-21-9-10-24(21)20(12-22(24)26)18-8-4-3-6-17(18)7-5-11-27/h3-4,6,8,20-22,27H,9-14H2,1-2H3. The third-order valence-electron chi connectivity index (χ3n) is 7.45. The first-order valence-electron chi connectivity index (χ1n) is 10.6. The molecular weight excluding hydrogens is 396 g/mol. The highest BCUT2D eigenvalue weighted by Gasteiger charge is 2.76. The number of hydrogen-bond donors (Lipinski definition) is 1. The van der Waals surface area contributed by atoms with Gasteiger partial charge in [-0.25, -0.2) is 0 Å². The Bertz CT molecular complexity index is 1020. The Morgan fingerprint density at radius 3 is 2.87 bits per heavy atom. The van der Waals surface area contributed by atoms with Gasteiger partial charge in [-0.15, -0.1) is 11.8 Å². The monoisotopic (exact) mass is 422 g/mol. The molecule has 1 aromatic heterocycles. The summed E-state index contributed by atoms with van der Waals surface area (Å²) in [6.07, 6.45) is 3.33. The minimum absolute atomic E-state index is 0.122. The first kappa shape index (κ1) is 19.7. The van der Waals surface area contributed by atoms with Crippen molar-refractivity contribution in [1.82, 2.24) is 10.1 Å². The van der Waals surface area contributed by atoms with Crippen LogP contribution in [0.5, 0.6) is 0 Å². The van der Waals surface area contributed by atoms with Gasteiger partial charge in [-0.1, -0.05) is 35.2 Å². The van der Waals surface area contributed by atoms with Crippen molar-refractivity contribution >= 4 is 17.7 Å². The number of benzene rings is 1. The van der Waals surface area contributed by atoms with Crippen LogP contribution in [0.2, 0.25) is 0 Å². The highest BCUT2D eigenvalue weighted by Crippen LogP contribution is 2.74. The number of hydrogen-bond acceptors (Lipinski definition) is 5. The van der Waals surface area contributed by atoms with E-state index in [1.165, 1.54) is 12.0 Å².